The van der Waals surface area contributed by atoms with Crippen LogP contribution in [0.4, 0.5) is 30.7 Å². The Hall–Kier alpha value is -3.11. The van der Waals surface area contributed by atoms with Crippen molar-refractivity contribution in [1.29, 1.82) is 0 Å². The van der Waals surface area contributed by atoms with Crippen molar-refractivity contribution in [2.45, 2.75) is 31.7 Å². The molecule has 1 saturated heterocycles. The number of hydrogen-bond acceptors (Lipinski definition) is 3. The van der Waals surface area contributed by atoms with Gasteiger partial charge in [-0.1, -0.05) is 31.4 Å². The third-order valence-corrected chi connectivity index (χ3v) is 6.79. The van der Waals surface area contributed by atoms with Crippen LogP contribution in [-0.4, -0.2) is 13.2 Å². The molecule has 3 aromatic rings. The third-order valence-electron chi connectivity index (χ3n) is 6.79. The average molecular weight is 526 g/mol. The summed E-state index contributed by atoms with van der Waals surface area (Å²) in [5, 5.41) is 0. The molecule has 1 aliphatic heterocycles. The van der Waals surface area contributed by atoms with E-state index in [1.165, 1.54) is 18.6 Å². The molecule has 1 saturated carbocycles. The van der Waals surface area contributed by atoms with Gasteiger partial charge in [-0.3, -0.25) is 0 Å². The second-order valence-electron chi connectivity index (χ2n) is 9.20. The first-order chi connectivity index (χ1) is 17.6. The normalized spacial score (nSPS) is 20.5. The zero-order valence-corrected chi connectivity index (χ0v) is 19.3. The minimum Gasteiger partial charge on any atom is -0.429 e. The number of halogens is 7. The molecular weight excluding hydrogens is 505 g/mol. The van der Waals surface area contributed by atoms with Crippen LogP contribution in [0.15, 0.2) is 48.5 Å². The van der Waals surface area contributed by atoms with Crippen molar-refractivity contribution in [3.63, 3.8) is 0 Å². The lowest BCUT2D eigenvalue weighted by Crippen LogP contribution is -2.35. The molecule has 0 unspecified atom stereocenters. The maximum atomic E-state index is 14.9. The lowest BCUT2D eigenvalue weighted by molar-refractivity contribution is -0.216. The van der Waals surface area contributed by atoms with Gasteiger partial charge in [0.25, 0.3) is 0 Å². The Morgan fingerprint density at radius 1 is 0.703 bits per heavy atom. The fraction of sp³-hybridized carbons (Fsp3) is 0.333. The summed E-state index contributed by atoms with van der Waals surface area (Å²) < 4.78 is 115. The molecule has 3 nitrogen and oxygen atoms in total. The molecule has 10 heteroatoms. The second-order valence-corrected chi connectivity index (χ2v) is 9.20. The Morgan fingerprint density at radius 3 is 1.95 bits per heavy atom. The Balaban J connectivity index is 1.34. The Labute approximate surface area is 207 Å². The summed E-state index contributed by atoms with van der Waals surface area (Å²) in [7, 11) is 0. The van der Waals surface area contributed by atoms with Crippen LogP contribution in [0.2, 0.25) is 0 Å². The van der Waals surface area contributed by atoms with Gasteiger partial charge in [-0.05, 0) is 41.8 Å². The van der Waals surface area contributed by atoms with Crippen LogP contribution in [0.25, 0.3) is 11.1 Å². The van der Waals surface area contributed by atoms with Crippen molar-refractivity contribution >= 4 is 0 Å². The molecule has 0 N–H and O–H groups in total. The first-order valence-corrected chi connectivity index (χ1v) is 11.7. The van der Waals surface area contributed by atoms with E-state index in [0.29, 0.717) is 60.9 Å². The maximum Gasteiger partial charge on any atom is 0.432 e. The number of benzene rings is 3. The van der Waals surface area contributed by atoms with Gasteiger partial charge in [-0.15, -0.1) is 0 Å². The number of alkyl halides is 2. The Kier molecular flexibility index (Phi) is 6.89. The summed E-state index contributed by atoms with van der Waals surface area (Å²) in [5.74, 6) is -7.07. The summed E-state index contributed by atoms with van der Waals surface area (Å²) in [6.07, 6.45) is -1.90. The molecular formula is C27H21F7O3. The highest BCUT2D eigenvalue weighted by molar-refractivity contribution is 5.65. The van der Waals surface area contributed by atoms with Crippen molar-refractivity contribution < 1.29 is 44.9 Å². The molecule has 0 spiro atoms. The lowest BCUT2D eigenvalue weighted by Gasteiger charge is -2.38. The number of rotatable bonds is 6. The maximum absolute atomic E-state index is 14.9. The van der Waals surface area contributed by atoms with Gasteiger partial charge in [-0.2, -0.15) is 8.78 Å². The Bertz CT molecular complexity index is 1280. The molecule has 196 valence electrons. The van der Waals surface area contributed by atoms with Crippen molar-refractivity contribution in [2.24, 2.45) is 11.8 Å². The van der Waals surface area contributed by atoms with Gasteiger partial charge in [0, 0.05) is 23.1 Å². The van der Waals surface area contributed by atoms with Crippen LogP contribution >= 0.6 is 0 Å². The van der Waals surface area contributed by atoms with Crippen LogP contribution in [0, 0.1) is 40.9 Å². The summed E-state index contributed by atoms with van der Waals surface area (Å²) in [6.45, 7) is 0.967. The fourth-order valence-corrected chi connectivity index (χ4v) is 4.55. The van der Waals surface area contributed by atoms with E-state index >= 15 is 0 Å². The van der Waals surface area contributed by atoms with Gasteiger partial charge in [-0.25, -0.2) is 22.0 Å². The second kappa shape index (κ2) is 9.98. The van der Waals surface area contributed by atoms with Gasteiger partial charge in [0.15, 0.2) is 17.9 Å². The zero-order valence-electron chi connectivity index (χ0n) is 19.3. The molecule has 0 bridgehead atoms. The predicted molar refractivity (Wildman–Crippen MR) is 118 cm³/mol. The van der Waals surface area contributed by atoms with E-state index in [1.807, 2.05) is 0 Å². The molecule has 0 atom stereocenters. The molecule has 37 heavy (non-hydrogen) atoms. The topological polar surface area (TPSA) is 27.7 Å². The smallest absolute Gasteiger partial charge is 0.429 e. The fourth-order valence-electron chi connectivity index (χ4n) is 4.55. The zero-order chi connectivity index (χ0) is 26.3. The minimum absolute atomic E-state index is 0.235. The predicted octanol–water partition coefficient (Wildman–Crippen LogP) is 7.64. The van der Waals surface area contributed by atoms with E-state index in [1.54, 1.807) is 0 Å². The first kappa shape index (κ1) is 25.5. The van der Waals surface area contributed by atoms with E-state index in [-0.39, 0.29) is 11.1 Å². The largest absolute Gasteiger partial charge is 0.432 e. The van der Waals surface area contributed by atoms with E-state index in [9.17, 15) is 30.7 Å². The van der Waals surface area contributed by atoms with Crippen LogP contribution in [-0.2, 0) is 15.6 Å². The van der Waals surface area contributed by atoms with Gasteiger partial charge in [0.05, 0.1) is 13.2 Å². The number of ether oxygens (including phenoxy) is 3. The van der Waals surface area contributed by atoms with Crippen LogP contribution in [0.3, 0.4) is 0 Å². The third kappa shape index (κ3) is 5.17. The van der Waals surface area contributed by atoms with Crippen molar-refractivity contribution in [1.82, 2.24) is 0 Å². The van der Waals surface area contributed by atoms with Crippen LogP contribution in [0.1, 0.15) is 36.7 Å². The molecule has 0 amide bonds. The summed E-state index contributed by atoms with van der Waals surface area (Å²) in [5.41, 5.74) is -1.96. The van der Waals surface area contributed by atoms with E-state index in [0.717, 1.165) is 18.9 Å². The quantitative estimate of drug-likeness (QED) is 0.309. The van der Waals surface area contributed by atoms with Crippen molar-refractivity contribution in [3.05, 3.63) is 88.7 Å². The van der Waals surface area contributed by atoms with Crippen LogP contribution < -0.4 is 4.74 Å². The molecule has 5 rings (SSSR count). The first-order valence-electron chi connectivity index (χ1n) is 11.7. The summed E-state index contributed by atoms with van der Waals surface area (Å²) in [4.78, 5) is 0. The van der Waals surface area contributed by atoms with Gasteiger partial charge < -0.3 is 14.2 Å². The van der Waals surface area contributed by atoms with Crippen LogP contribution in [0.5, 0.6) is 5.75 Å². The van der Waals surface area contributed by atoms with E-state index in [2.05, 4.69) is 4.74 Å². The van der Waals surface area contributed by atoms with Gasteiger partial charge in [0.1, 0.15) is 28.8 Å². The highest BCUT2D eigenvalue weighted by Crippen LogP contribution is 2.40. The van der Waals surface area contributed by atoms with Crippen molar-refractivity contribution in [3.8, 4) is 16.9 Å². The van der Waals surface area contributed by atoms with E-state index in [4.69, 9.17) is 9.47 Å². The van der Waals surface area contributed by atoms with Gasteiger partial charge in [0.2, 0.25) is 0 Å². The van der Waals surface area contributed by atoms with Crippen molar-refractivity contribution in [2.75, 3.05) is 13.2 Å². The molecule has 0 radical (unpaired) electrons. The monoisotopic (exact) mass is 526 g/mol. The molecule has 3 aromatic carbocycles. The van der Waals surface area contributed by atoms with Gasteiger partial charge >= 0.3 is 6.11 Å². The summed E-state index contributed by atoms with van der Waals surface area (Å²) >= 11 is 0. The lowest BCUT2D eigenvalue weighted by atomic mass is 9.76. The molecule has 0 aromatic heterocycles. The molecule has 2 fully saturated rings. The molecule has 2 aliphatic rings. The standard InChI is InChI=1S/C27H21F7O3/c28-20-7-5-18(11-22(20)30)37-27(33,34)25-23(31)9-16(10-24(25)32)19-6-4-15(8-21(19)29)26-35-12-17(13-36-26)14-2-1-3-14/h4-11,14,17,26H,1-3,12-13H2. The number of hydrogen-bond donors (Lipinski definition) is 0. The SMILES string of the molecule is Fc1ccc(OC(F)(F)c2c(F)cc(-c3ccc(C4OCC(C5CCC5)CO4)cc3F)cc2F)cc1F. The highest BCUT2D eigenvalue weighted by Gasteiger charge is 2.41. The molecule has 1 heterocycles. The minimum atomic E-state index is -4.58. The molecule has 1 aliphatic carbocycles. The highest BCUT2D eigenvalue weighted by atomic mass is 19.3. The van der Waals surface area contributed by atoms with E-state index < -0.39 is 52.8 Å². The average Bonchev–Trinajstić information content (AvgIpc) is 2.80. The summed E-state index contributed by atoms with van der Waals surface area (Å²) in [6, 6.07) is 6.42. The Morgan fingerprint density at radius 2 is 1.38 bits per heavy atom.